The number of hydrogen-bond donors (Lipinski definition) is 0. The largest absolute Gasteiger partial charge is 0.421 e. The molecule has 0 unspecified atom stereocenters. The monoisotopic (exact) mass is 472 g/mol. The smallest absolute Gasteiger partial charge is 0.322 e. The van der Waals surface area contributed by atoms with E-state index in [1.165, 1.54) is 16.7 Å². The number of aromatic nitrogens is 3. The summed E-state index contributed by atoms with van der Waals surface area (Å²) >= 11 is 6.19. The van der Waals surface area contributed by atoms with Crippen molar-refractivity contribution in [2.45, 2.75) is 25.5 Å². The first-order chi connectivity index (χ1) is 15.2. The molecule has 3 aromatic rings. The second-order valence-corrected chi connectivity index (χ2v) is 9.76. The van der Waals surface area contributed by atoms with Crippen LogP contribution in [0.5, 0.6) is 11.8 Å². The van der Waals surface area contributed by atoms with E-state index in [4.69, 9.17) is 16.3 Å². The third-order valence-electron chi connectivity index (χ3n) is 4.60. The van der Waals surface area contributed by atoms with Gasteiger partial charge in [-0.15, -0.1) is 0 Å². The van der Waals surface area contributed by atoms with Crippen molar-refractivity contribution in [2.75, 3.05) is 5.75 Å². The molecule has 0 N–H and O–H groups in total. The molecule has 2 heterocycles. The Morgan fingerprint density at radius 2 is 2.00 bits per heavy atom. The average Bonchev–Trinajstić information content (AvgIpc) is 2.75. The van der Waals surface area contributed by atoms with Crippen molar-refractivity contribution in [3.63, 3.8) is 0 Å². The van der Waals surface area contributed by atoms with Crippen LogP contribution >= 0.6 is 11.6 Å². The molecule has 1 aromatic carbocycles. The number of hydrogen-bond acceptors (Lipinski definition) is 7. The normalized spacial score (nSPS) is 11.2. The summed E-state index contributed by atoms with van der Waals surface area (Å²) in [5.74, 6) is -0.172. The number of pyridine rings is 1. The number of ether oxygens (including phenoxy) is 1. The fourth-order valence-corrected chi connectivity index (χ4v) is 4.62. The van der Waals surface area contributed by atoms with Gasteiger partial charge >= 0.3 is 6.01 Å². The summed E-state index contributed by atoms with van der Waals surface area (Å²) in [5, 5.41) is 9.55. The van der Waals surface area contributed by atoms with Gasteiger partial charge in [0.25, 0.3) is 0 Å². The van der Waals surface area contributed by atoms with Gasteiger partial charge in [-0.1, -0.05) is 31.0 Å². The molecule has 0 atom stereocenters. The number of halogens is 1. The molecule has 0 radical (unpaired) electrons. The van der Waals surface area contributed by atoms with E-state index in [2.05, 4.69) is 9.97 Å². The first kappa shape index (κ1) is 23.4. The van der Waals surface area contributed by atoms with Crippen LogP contribution in [0.2, 0.25) is 5.02 Å². The Labute approximate surface area is 191 Å². The van der Waals surface area contributed by atoms with Crippen molar-refractivity contribution in [1.29, 1.82) is 5.26 Å². The van der Waals surface area contributed by atoms with Gasteiger partial charge in [0.2, 0.25) is 5.56 Å². The molecule has 2 aromatic heterocycles. The second-order valence-electron chi connectivity index (χ2n) is 7.17. The standard InChI is InChI=1S/C22H21ClN4O4S/c1-3-4-10-32(29,30)14-17-11-19(16-8-9-20(28)27(2)13-16)26-22(25-17)31-21-15(12-24)6-5-7-18(21)23/h5-9,11,13H,3-4,10,14H2,1-2H3. The number of unbranched alkanes of at least 4 members (excludes halogenated alkanes) is 1. The van der Waals surface area contributed by atoms with Crippen LogP contribution in [0.3, 0.4) is 0 Å². The van der Waals surface area contributed by atoms with Gasteiger partial charge in [0.1, 0.15) is 6.07 Å². The van der Waals surface area contributed by atoms with Gasteiger partial charge in [-0.05, 0) is 30.7 Å². The van der Waals surface area contributed by atoms with Crippen LogP contribution in [0.4, 0.5) is 0 Å². The van der Waals surface area contributed by atoms with Crippen molar-refractivity contribution in [3.05, 3.63) is 69.2 Å². The SMILES string of the molecule is CCCCS(=O)(=O)Cc1cc(-c2ccc(=O)n(C)c2)nc(Oc2c(Cl)cccc2C#N)n1. The van der Waals surface area contributed by atoms with E-state index < -0.39 is 9.84 Å². The lowest BCUT2D eigenvalue weighted by Gasteiger charge is -2.12. The molecule has 0 saturated heterocycles. The third kappa shape index (κ3) is 5.72. The summed E-state index contributed by atoms with van der Waals surface area (Å²) in [7, 11) is -1.80. The molecule has 0 spiro atoms. The van der Waals surface area contributed by atoms with Crippen LogP contribution in [0.25, 0.3) is 11.3 Å². The van der Waals surface area contributed by atoms with E-state index in [1.54, 1.807) is 37.5 Å². The van der Waals surface area contributed by atoms with Crippen molar-refractivity contribution in [1.82, 2.24) is 14.5 Å². The molecule has 0 bridgehead atoms. The van der Waals surface area contributed by atoms with E-state index in [-0.39, 0.29) is 45.1 Å². The molecule has 10 heteroatoms. The summed E-state index contributed by atoms with van der Waals surface area (Å²) in [6, 6.07) is 11.1. The lowest BCUT2D eigenvalue weighted by Crippen LogP contribution is -2.14. The van der Waals surface area contributed by atoms with Crippen molar-refractivity contribution >= 4 is 21.4 Å². The molecule has 0 aliphatic heterocycles. The highest BCUT2D eigenvalue weighted by Crippen LogP contribution is 2.32. The summed E-state index contributed by atoms with van der Waals surface area (Å²) in [6.07, 6.45) is 2.89. The fraction of sp³-hybridized carbons (Fsp3) is 0.273. The highest BCUT2D eigenvalue weighted by molar-refractivity contribution is 7.90. The van der Waals surface area contributed by atoms with E-state index >= 15 is 0 Å². The summed E-state index contributed by atoms with van der Waals surface area (Å²) in [6.45, 7) is 1.92. The molecule has 8 nitrogen and oxygen atoms in total. The van der Waals surface area contributed by atoms with Crippen LogP contribution in [-0.2, 0) is 22.6 Å². The predicted molar refractivity (Wildman–Crippen MR) is 121 cm³/mol. The number of benzene rings is 1. The molecular weight excluding hydrogens is 452 g/mol. The number of sulfone groups is 1. The Balaban J connectivity index is 2.09. The zero-order valence-corrected chi connectivity index (χ0v) is 19.2. The van der Waals surface area contributed by atoms with E-state index in [0.717, 1.165) is 6.42 Å². The summed E-state index contributed by atoms with van der Waals surface area (Å²) in [5.41, 5.74) is 1.17. The average molecular weight is 473 g/mol. The first-order valence-corrected chi connectivity index (χ1v) is 12.0. The fourth-order valence-electron chi connectivity index (χ4n) is 2.94. The van der Waals surface area contributed by atoms with Crippen LogP contribution in [0, 0.1) is 11.3 Å². The number of aryl methyl sites for hydroxylation is 1. The van der Waals surface area contributed by atoms with Crippen molar-refractivity contribution in [2.24, 2.45) is 7.05 Å². The minimum Gasteiger partial charge on any atom is -0.421 e. The number of rotatable bonds is 8. The summed E-state index contributed by atoms with van der Waals surface area (Å²) < 4.78 is 32.2. The van der Waals surface area contributed by atoms with E-state index in [0.29, 0.717) is 17.7 Å². The van der Waals surface area contributed by atoms with Gasteiger partial charge in [0, 0.05) is 24.9 Å². The summed E-state index contributed by atoms with van der Waals surface area (Å²) in [4.78, 5) is 20.4. The number of para-hydroxylation sites is 1. The van der Waals surface area contributed by atoms with Crippen molar-refractivity contribution in [3.8, 4) is 29.1 Å². The highest BCUT2D eigenvalue weighted by atomic mass is 35.5. The zero-order valence-electron chi connectivity index (χ0n) is 17.6. The maximum Gasteiger partial charge on any atom is 0.322 e. The maximum absolute atomic E-state index is 12.5. The van der Waals surface area contributed by atoms with Gasteiger partial charge in [0.15, 0.2) is 15.6 Å². The minimum absolute atomic E-state index is 0.0436. The molecule has 0 aliphatic carbocycles. The van der Waals surface area contributed by atoms with Crippen LogP contribution in [0.15, 0.2) is 47.4 Å². The Hall–Kier alpha value is -3.22. The number of nitriles is 1. The van der Waals surface area contributed by atoms with Gasteiger partial charge in [0.05, 0.1) is 33.5 Å². The predicted octanol–water partition coefficient (Wildman–Crippen LogP) is 3.87. The molecule has 166 valence electrons. The second kappa shape index (κ2) is 9.94. The van der Waals surface area contributed by atoms with Gasteiger partial charge < -0.3 is 9.30 Å². The minimum atomic E-state index is -3.40. The van der Waals surface area contributed by atoms with Crippen molar-refractivity contribution < 1.29 is 13.2 Å². The molecule has 0 saturated carbocycles. The van der Waals surface area contributed by atoms with E-state index in [9.17, 15) is 18.5 Å². The van der Waals surface area contributed by atoms with Crippen LogP contribution in [0.1, 0.15) is 31.0 Å². The Bertz CT molecular complexity index is 1350. The highest BCUT2D eigenvalue weighted by Gasteiger charge is 2.18. The quantitative estimate of drug-likeness (QED) is 0.488. The lowest BCUT2D eigenvalue weighted by molar-refractivity contribution is 0.439. The van der Waals surface area contributed by atoms with E-state index in [1.807, 2.05) is 13.0 Å². The molecule has 3 rings (SSSR count). The first-order valence-electron chi connectivity index (χ1n) is 9.84. The Morgan fingerprint density at radius 1 is 1.22 bits per heavy atom. The Kier molecular flexibility index (Phi) is 7.28. The van der Waals surface area contributed by atoms with Gasteiger partial charge in [-0.25, -0.2) is 8.42 Å². The number of nitrogens with zero attached hydrogens (tertiary/aromatic N) is 4. The lowest BCUT2D eigenvalue weighted by atomic mass is 10.2. The molecule has 0 fully saturated rings. The third-order valence-corrected chi connectivity index (χ3v) is 6.54. The van der Waals surface area contributed by atoms with Crippen LogP contribution in [-0.4, -0.2) is 28.7 Å². The zero-order chi connectivity index (χ0) is 23.3. The van der Waals surface area contributed by atoms with Gasteiger partial charge in [-0.2, -0.15) is 15.2 Å². The molecule has 32 heavy (non-hydrogen) atoms. The molecular formula is C22H21ClN4O4S. The van der Waals surface area contributed by atoms with Gasteiger partial charge in [-0.3, -0.25) is 4.79 Å². The van der Waals surface area contributed by atoms with Crippen LogP contribution < -0.4 is 10.3 Å². The maximum atomic E-state index is 12.5. The molecule has 0 amide bonds. The Morgan fingerprint density at radius 3 is 2.69 bits per heavy atom. The molecule has 0 aliphatic rings. The topological polar surface area (TPSA) is 115 Å².